The fourth-order valence-electron chi connectivity index (χ4n) is 2.50. The standard InChI is InChI=1S/C16H17ClO4S/c1-21-16(20)15-10(8-12(18)9-14(15)19)6-7-22-13-4-2-11(17)3-5-13/h2-5,9-10,15,19H,6-8H2,1H3. The second-order valence-electron chi connectivity index (χ2n) is 5.09. The van der Waals surface area contributed by atoms with Gasteiger partial charge in [0.15, 0.2) is 5.78 Å². The first kappa shape index (κ1) is 16.9. The SMILES string of the molecule is COC(=O)C1C(O)=CC(=O)CC1CCSc1ccc(Cl)cc1. The highest BCUT2D eigenvalue weighted by Crippen LogP contribution is 2.33. The molecule has 0 amide bonds. The summed E-state index contributed by atoms with van der Waals surface area (Å²) in [5, 5.41) is 10.6. The minimum atomic E-state index is -0.742. The number of esters is 1. The van der Waals surface area contributed by atoms with Gasteiger partial charge in [0.25, 0.3) is 0 Å². The van der Waals surface area contributed by atoms with E-state index in [0.29, 0.717) is 11.4 Å². The first-order valence-corrected chi connectivity index (χ1v) is 8.27. The highest BCUT2D eigenvalue weighted by molar-refractivity contribution is 7.99. The van der Waals surface area contributed by atoms with Gasteiger partial charge in [0.05, 0.1) is 7.11 Å². The summed E-state index contributed by atoms with van der Waals surface area (Å²) in [5.74, 6) is -1.08. The molecule has 6 heteroatoms. The molecule has 0 fully saturated rings. The summed E-state index contributed by atoms with van der Waals surface area (Å²) >= 11 is 7.46. The van der Waals surface area contributed by atoms with E-state index in [2.05, 4.69) is 0 Å². The van der Waals surface area contributed by atoms with Crippen molar-refractivity contribution in [1.29, 1.82) is 0 Å². The van der Waals surface area contributed by atoms with E-state index in [0.717, 1.165) is 16.7 Å². The molecule has 0 saturated heterocycles. The average Bonchev–Trinajstić information content (AvgIpc) is 2.48. The predicted octanol–water partition coefficient (Wildman–Crippen LogP) is 3.64. The van der Waals surface area contributed by atoms with Crippen molar-refractivity contribution in [3.8, 4) is 0 Å². The molecule has 0 aromatic heterocycles. The minimum absolute atomic E-state index is 0.154. The lowest BCUT2D eigenvalue weighted by atomic mass is 9.80. The van der Waals surface area contributed by atoms with Crippen LogP contribution in [0.25, 0.3) is 0 Å². The zero-order valence-electron chi connectivity index (χ0n) is 12.1. The van der Waals surface area contributed by atoms with Gasteiger partial charge in [0, 0.05) is 22.4 Å². The van der Waals surface area contributed by atoms with Gasteiger partial charge < -0.3 is 9.84 Å². The molecule has 1 aliphatic rings. The van der Waals surface area contributed by atoms with Crippen LogP contribution < -0.4 is 0 Å². The first-order chi connectivity index (χ1) is 10.5. The fraction of sp³-hybridized carbons (Fsp3) is 0.375. The number of halogens is 1. The van der Waals surface area contributed by atoms with Gasteiger partial charge in [-0.2, -0.15) is 0 Å². The first-order valence-electron chi connectivity index (χ1n) is 6.91. The van der Waals surface area contributed by atoms with Crippen LogP contribution in [0.2, 0.25) is 5.02 Å². The molecule has 0 bridgehead atoms. The van der Waals surface area contributed by atoms with Crippen LogP contribution in [0.3, 0.4) is 0 Å². The van der Waals surface area contributed by atoms with Crippen LogP contribution in [-0.2, 0) is 14.3 Å². The van der Waals surface area contributed by atoms with Gasteiger partial charge in [-0.25, -0.2) is 0 Å². The lowest BCUT2D eigenvalue weighted by Crippen LogP contribution is -2.32. The molecule has 0 radical (unpaired) electrons. The third kappa shape index (κ3) is 4.27. The van der Waals surface area contributed by atoms with E-state index < -0.39 is 11.9 Å². The van der Waals surface area contributed by atoms with Crippen LogP contribution in [0.5, 0.6) is 0 Å². The Morgan fingerprint density at radius 1 is 1.41 bits per heavy atom. The number of ketones is 1. The number of carbonyl (C=O) groups is 2. The lowest BCUT2D eigenvalue weighted by Gasteiger charge is -2.27. The molecular formula is C16H17ClO4S. The molecule has 1 N–H and O–H groups in total. The van der Waals surface area contributed by atoms with E-state index in [1.807, 2.05) is 24.3 Å². The number of carbonyl (C=O) groups excluding carboxylic acids is 2. The highest BCUT2D eigenvalue weighted by Gasteiger charge is 2.37. The summed E-state index contributed by atoms with van der Waals surface area (Å²) < 4.78 is 4.73. The van der Waals surface area contributed by atoms with Crippen LogP contribution in [-0.4, -0.2) is 29.7 Å². The van der Waals surface area contributed by atoms with Crippen molar-refractivity contribution in [2.24, 2.45) is 11.8 Å². The van der Waals surface area contributed by atoms with Crippen LogP contribution >= 0.6 is 23.4 Å². The molecule has 22 heavy (non-hydrogen) atoms. The zero-order valence-corrected chi connectivity index (χ0v) is 13.7. The van der Waals surface area contributed by atoms with E-state index in [-0.39, 0.29) is 23.9 Å². The third-order valence-electron chi connectivity index (χ3n) is 3.59. The van der Waals surface area contributed by atoms with Gasteiger partial charge >= 0.3 is 5.97 Å². The van der Waals surface area contributed by atoms with E-state index in [1.165, 1.54) is 7.11 Å². The second-order valence-corrected chi connectivity index (χ2v) is 6.70. The zero-order chi connectivity index (χ0) is 16.1. The number of ether oxygens (including phenoxy) is 1. The topological polar surface area (TPSA) is 63.6 Å². The Labute approximate surface area is 138 Å². The van der Waals surface area contributed by atoms with Crippen LogP contribution in [0.1, 0.15) is 12.8 Å². The molecule has 2 rings (SSSR count). The summed E-state index contributed by atoms with van der Waals surface area (Å²) in [6, 6.07) is 7.49. The van der Waals surface area contributed by atoms with E-state index in [1.54, 1.807) is 11.8 Å². The molecule has 1 aliphatic carbocycles. The Morgan fingerprint density at radius 2 is 2.09 bits per heavy atom. The quantitative estimate of drug-likeness (QED) is 0.655. The maximum absolute atomic E-state index is 11.8. The highest BCUT2D eigenvalue weighted by atomic mass is 35.5. The van der Waals surface area contributed by atoms with Crippen LogP contribution in [0, 0.1) is 11.8 Å². The number of hydrogen-bond donors (Lipinski definition) is 1. The van der Waals surface area contributed by atoms with Gasteiger partial charge in [0.2, 0.25) is 0 Å². The van der Waals surface area contributed by atoms with Crippen molar-refractivity contribution in [2.75, 3.05) is 12.9 Å². The van der Waals surface area contributed by atoms with Gasteiger partial charge in [-0.05, 0) is 42.4 Å². The molecule has 1 aromatic rings. The summed E-state index contributed by atoms with van der Waals surface area (Å²) in [5.41, 5.74) is 0. The second kappa shape index (κ2) is 7.70. The van der Waals surface area contributed by atoms with Crippen molar-refractivity contribution >= 4 is 35.1 Å². The van der Waals surface area contributed by atoms with Crippen LogP contribution in [0.15, 0.2) is 41.0 Å². The van der Waals surface area contributed by atoms with E-state index in [9.17, 15) is 14.7 Å². The molecule has 0 saturated carbocycles. The van der Waals surface area contributed by atoms with Crippen molar-refractivity contribution in [1.82, 2.24) is 0 Å². The van der Waals surface area contributed by atoms with Crippen molar-refractivity contribution < 1.29 is 19.4 Å². The maximum Gasteiger partial charge on any atom is 0.316 e. The molecular weight excluding hydrogens is 324 g/mol. The Kier molecular flexibility index (Phi) is 5.91. The smallest absolute Gasteiger partial charge is 0.316 e. The van der Waals surface area contributed by atoms with Gasteiger partial charge in [-0.3, -0.25) is 9.59 Å². The van der Waals surface area contributed by atoms with Crippen LogP contribution in [0.4, 0.5) is 0 Å². The van der Waals surface area contributed by atoms with Crippen molar-refractivity contribution in [3.05, 3.63) is 41.1 Å². The number of methoxy groups -OCH3 is 1. The Morgan fingerprint density at radius 3 is 2.73 bits per heavy atom. The van der Waals surface area contributed by atoms with Gasteiger partial charge in [-0.15, -0.1) is 11.8 Å². The molecule has 2 unspecified atom stereocenters. The number of rotatable bonds is 5. The van der Waals surface area contributed by atoms with Crippen molar-refractivity contribution in [3.63, 3.8) is 0 Å². The molecule has 118 valence electrons. The molecule has 0 heterocycles. The Balaban J connectivity index is 1.97. The number of hydrogen-bond acceptors (Lipinski definition) is 5. The van der Waals surface area contributed by atoms with E-state index in [4.69, 9.17) is 16.3 Å². The summed E-state index contributed by atoms with van der Waals surface area (Å²) in [7, 11) is 1.28. The molecule has 0 aliphatic heterocycles. The monoisotopic (exact) mass is 340 g/mol. The maximum atomic E-state index is 11.8. The van der Waals surface area contributed by atoms with Gasteiger partial charge in [0.1, 0.15) is 11.7 Å². The lowest BCUT2D eigenvalue weighted by molar-refractivity contribution is -0.147. The fourth-order valence-corrected chi connectivity index (χ4v) is 3.61. The summed E-state index contributed by atoms with van der Waals surface area (Å²) in [6.45, 7) is 0. The molecule has 1 aromatic carbocycles. The van der Waals surface area contributed by atoms with Gasteiger partial charge in [-0.1, -0.05) is 11.6 Å². The van der Waals surface area contributed by atoms with E-state index >= 15 is 0 Å². The minimum Gasteiger partial charge on any atom is -0.511 e. The summed E-state index contributed by atoms with van der Waals surface area (Å²) in [4.78, 5) is 24.5. The Hall–Kier alpha value is -1.46. The normalized spacial score (nSPS) is 21.4. The number of aliphatic hydroxyl groups excluding tert-OH is 1. The summed E-state index contributed by atoms with van der Waals surface area (Å²) in [6.07, 6.45) is 2.02. The third-order valence-corrected chi connectivity index (χ3v) is 4.89. The number of aliphatic hydroxyl groups is 1. The molecule has 0 spiro atoms. The number of benzene rings is 1. The molecule has 4 nitrogen and oxygen atoms in total. The number of allylic oxidation sites excluding steroid dienone is 1. The number of thioether (sulfide) groups is 1. The largest absolute Gasteiger partial charge is 0.511 e. The van der Waals surface area contributed by atoms with Crippen molar-refractivity contribution in [2.45, 2.75) is 17.7 Å². The Bertz CT molecular complexity index is 582. The predicted molar refractivity (Wildman–Crippen MR) is 86.1 cm³/mol. The molecule has 2 atom stereocenters. The average molecular weight is 341 g/mol.